The molecule has 5 nitrogen and oxygen atoms in total. The molecule has 0 radical (unpaired) electrons. The second-order valence-corrected chi connectivity index (χ2v) is 8.55. The van der Waals surface area contributed by atoms with Crippen molar-refractivity contribution in [2.45, 2.75) is 57.4 Å². The molecule has 130 valence electrons. The zero-order valence-electron chi connectivity index (χ0n) is 14.6. The molecule has 1 aromatic carbocycles. The summed E-state index contributed by atoms with van der Waals surface area (Å²) < 4.78 is 28.1. The first-order chi connectivity index (χ1) is 10.8. The van der Waals surface area contributed by atoms with Gasteiger partial charge in [-0.25, -0.2) is 13.1 Å². The van der Waals surface area contributed by atoms with E-state index in [2.05, 4.69) is 30.7 Å². The average Bonchev–Trinajstić information content (AvgIpc) is 2.89. The fourth-order valence-electron chi connectivity index (χ4n) is 2.81. The van der Waals surface area contributed by atoms with E-state index in [1.807, 2.05) is 26.0 Å². The minimum absolute atomic E-state index is 0.0742. The van der Waals surface area contributed by atoms with E-state index in [-0.39, 0.29) is 18.7 Å². The van der Waals surface area contributed by atoms with Crippen molar-refractivity contribution >= 4 is 10.0 Å². The molecule has 1 aromatic rings. The monoisotopic (exact) mass is 340 g/mol. The van der Waals surface area contributed by atoms with Crippen molar-refractivity contribution in [3.8, 4) is 0 Å². The summed E-state index contributed by atoms with van der Waals surface area (Å²) in [7, 11) is -1.65. The Labute approximate surface area is 140 Å². The van der Waals surface area contributed by atoms with Gasteiger partial charge in [-0.15, -0.1) is 0 Å². The first-order valence-electron chi connectivity index (χ1n) is 8.23. The van der Waals surface area contributed by atoms with Gasteiger partial charge in [0, 0.05) is 13.1 Å². The number of sulfonamides is 1. The second-order valence-electron chi connectivity index (χ2n) is 6.62. The Morgan fingerprint density at radius 1 is 1.26 bits per heavy atom. The largest absolute Gasteiger partial charge is 0.297 e. The Hall–Kier alpha value is -0.950. The number of benzene rings is 1. The third-order valence-electron chi connectivity index (χ3n) is 4.51. The van der Waals surface area contributed by atoms with Crippen LogP contribution in [0, 0.1) is 0 Å². The molecule has 0 spiro atoms. The van der Waals surface area contributed by atoms with Crippen LogP contribution in [0.2, 0.25) is 0 Å². The molecule has 23 heavy (non-hydrogen) atoms. The Balaban J connectivity index is 2.27. The summed E-state index contributed by atoms with van der Waals surface area (Å²) in [6, 6.07) is 7.79. The molecule has 2 rings (SSSR count). The number of hydroxylamine groups is 2. The molecule has 0 saturated carbocycles. The van der Waals surface area contributed by atoms with Crippen molar-refractivity contribution in [3.63, 3.8) is 0 Å². The van der Waals surface area contributed by atoms with E-state index >= 15 is 0 Å². The second kappa shape index (κ2) is 7.30. The minimum Gasteiger partial charge on any atom is -0.297 e. The minimum atomic E-state index is -3.44. The molecular formula is C17H28N2O3S. The molecule has 1 aliphatic rings. The zero-order valence-corrected chi connectivity index (χ0v) is 15.4. The van der Waals surface area contributed by atoms with Gasteiger partial charge in [0.15, 0.2) is 0 Å². The van der Waals surface area contributed by atoms with Crippen LogP contribution in [0.25, 0.3) is 0 Å². The topological polar surface area (TPSA) is 58.6 Å². The number of nitrogens with one attached hydrogen (secondary N) is 1. The number of rotatable bonds is 6. The van der Waals surface area contributed by atoms with E-state index in [1.54, 1.807) is 12.1 Å². The van der Waals surface area contributed by atoms with Crippen LogP contribution in [0.1, 0.15) is 57.2 Å². The van der Waals surface area contributed by atoms with Crippen molar-refractivity contribution in [3.05, 3.63) is 35.4 Å². The summed E-state index contributed by atoms with van der Waals surface area (Å²) in [6.07, 6.45) is 0.760. The average molecular weight is 340 g/mol. The van der Waals surface area contributed by atoms with E-state index in [4.69, 9.17) is 4.84 Å². The van der Waals surface area contributed by atoms with Crippen molar-refractivity contribution in [2.75, 3.05) is 13.7 Å². The van der Waals surface area contributed by atoms with Gasteiger partial charge in [-0.3, -0.25) is 4.84 Å². The zero-order chi connectivity index (χ0) is 17.2. The Morgan fingerprint density at radius 3 is 2.39 bits per heavy atom. The van der Waals surface area contributed by atoms with Crippen molar-refractivity contribution in [2.24, 2.45) is 0 Å². The lowest BCUT2D eigenvalue weighted by atomic mass is 9.98. The SMILES string of the molecule is CC[C@H](C)NS(=O)(=O)[C@@H]1CON(C)[C@H]1c1ccc(C(C)C)cc1. The van der Waals surface area contributed by atoms with Gasteiger partial charge in [0.2, 0.25) is 10.0 Å². The molecule has 0 bridgehead atoms. The van der Waals surface area contributed by atoms with E-state index in [0.717, 1.165) is 12.0 Å². The van der Waals surface area contributed by atoms with Crippen molar-refractivity contribution in [1.82, 2.24) is 9.79 Å². The molecular weight excluding hydrogens is 312 g/mol. The third-order valence-corrected chi connectivity index (χ3v) is 6.43. The first kappa shape index (κ1) is 18.4. The standard InChI is InChI=1S/C17H28N2O3S/c1-6-13(4)18-23(20,21)16-11-22-19(5)17(16)15-9-7-14(8-10-15)12(2)3/h7-10,12-13,16-18H,6,11H2,1-5H3/t13-,16+,17-/m0/s1. The van der Waals surface area contributed by atoms with Gasteiger partial charge < -0.3 is 0 Å². The summed E-state index contributed by atoms with van der Waals surface area (Å²) in [4.78, 5) is 5.53. The molecule has 1 saturated heterocycles. The van der Waals surface area contributed by atoms with Gasteiger partial charge in [0.25, 0.3) is 0 Å². The van der Waals surface area contributed by atoms with E-state index in [0.29, 0.717) is 5.92 Å². The third kappa shape index (κ3) is 4.12. The number of hydrogen-bond acceptors (Lipinski definition) is 4. The van der Waals surface area contributed by atoms with Crippen LogP contribution in [0.3, 0.4) is 0 Å². The van der Waals surface area contributed by atoms with Crippen LogP contribution >= 0.6 is 0 Å². The molecule has 1 heterocycles. The molecule has 0 unspecified atom stereocenters. The molecule has 6 heteroatoms. The molecule has 0 aliphatic carbocycles. The summed E-state index contributed by atoms with van der Waals surface area (Å²) in [5, 5.41) is 1.05. The van der Waals surface area contributed by atoms with Crippen LogP contribution < -0.4 is 4.72 Å². The molecule has 0 aromatic heterocycles. The lowest BCUT2D eigenvalue weighted by Crippen LogP contribution is -2.42. The van der Waals surface area contributed by atoms with E-state index in [1.165, 1.54) is 5.56 Å². The predicted molar refractivity (Wildman–Crippen MR) is 92.6 cm³/mol. The smallest absolute Gasteiger partial charge is 0.219 e. The lowest BCUT2D eigenvalue weighted by molar-refractivity contribution is -0.110. The highest BCUT2D eigenvalue weighted by atomic mass is 32.2. The molecule has 1 fully saturated rings. The Bertz CT molecular complexity index is 613. The maximum Gasteiger partial charge on any atom is 0.219 e. The van der Waals surface area contributed by atoms with Gasteiger partial charge in [-0.05, 0) is 30.4 Å². The molecule has 3 atom stereocenters. The van der Waals surface area contributed by atoms with Crippen molar-refractivity contribution in [1.29, 1.82) is 0 Å². The quantitative estimate of drug-likeness (QED) is 0.865. The van der Waals surface area contributed by atoms with Crippen LogP contribution in [0.15, 0.2) is 24.3 Å². The van der Waals surface area contributed by atoms with E-state index < -0.39 is 15.3 Å². The highest BCUT2D eigenvalue weighted by molar-refractivity contribution is 7.90. The van der Waals surface area contributed by atoms with Gasteiger partial charge in [0.1, 0.15) is 5.25 Å². The highest BCUT2D eigenvalue weighted by Crippen LogP contribution is 2.34. The summed E-state index contributed by atoms with van der Waals surface area (Å²) >= 11 is 0. The van der Waals surface area contributed by atoms with Crippen LogP contribution in [0.5, 0.6) is 0 Å². The van der Waals surface area contributed by atoms with Gasteiger partial charge >= 0.3 is 0 Å². The number of nitrogens with zero attached hydrogens (tertiary/aromatic N) is 1. The highest BCUT2D eigenvalue weighted by Gasteiger charge is 2.43. The molecule has 0 amide bonds. The fraction of sp³-hybridized carbons (Fsp3) is 0.647. The normalized spacial score (nSPS) is 24.3. The summed E-state index contributed by atoms with van der Waals surface area (Å²) in [5.74, 6) is 0.452. The maximum absolute atomic E-state index is 12.7. The van der Waals surface area contributed by atoms with E-state index in [9.17, 15) is 8.42 Å². The van der Waals surface area contributed by atoms with Crippen LogP contribution in [-0.4, -0.2) is 38.4 Å². The predicted octanol–water partition coefficient (Wildman–Crippen LogP) is 2.81. The van der Waals surface area contributed by atoms with Gasteiger partial charge in [-0.2, -0.15) is 5.06 Å². The first-order valence-corrected chi connectivity index (χ1v) is 9.77. The van der Waals surface area contributed by atoms with Crippen LogP contribution in [-0.2, 0) is 14.9 Å². The molecule has 1 aliphatic heterocycles. The van der Waals surface area contributed by atoms with Crippen LogP contribution in [0.4, 0.5) is 0 Å². The number of hydrogen-bond donors (Lipinski definition) is 1. The molecule has 1 N–H and O–H groups in total. The fourth-order valence-corrected chi connectivity index (χ4v) is 4.62. The van der Waals surface area contributed by atoms with Crippen molar-refractivity contribution < 1.29 is 13.3 Å². The summed E-state index contributed by atoms with van der Waals surface area (Å²) in [6.45, 7) is 8.31. The lowest BCUT2D eigenvalue weighted by Gasteiger charge is -2.24. The van der Waals surface area contributed by atoms with Gasteiger partial charge in [-0.1, -0.05) is 45.0 Å². The Morgan fingerprint density at radius 2 is 1.87 bits per heavy atom. The summed E-state index contributed by atoms with van der Waals surface area (Å²) in [5.41, 5.74) is 2.21. The Kier molecular flexibility index (Phi) is 5.84. The van der Waals surface area contributed by atoms with Gasteiger partial charge in [0.05, 0.1) is 12.6 Å². The maximum atomic E-state index is 12.7.